The van der Waals surface area contributed by atoms with E-state index in [9.17, 15) is 4.79 Å². The van der Waals surface area contributed by atoms with Crippen LogP contribution in [0.15, 0.2) is 22.7 Å². The van der Waals surface area contributed by atoms with E-state index in [1.165, 1.54) is 0 Å². The topological polar surface area (TPSA) is 43.1 Å². The van der Waals surface area contributed by atoms with Crippen LogP contribution >= 0.6 is 27.5 Å². The fourth-order valence-corrected chi connectivity index (χ4v) is 1.96. The third-order valence-electron chi connectivity index (χ3n) is 2.13. The van der Waals surface area contributed by atoms with Gasteiger partial charge in [-0.25, -0.2) is 0 Å². The van der Waals surface area contributed by atoms with E-state index in [2.05, 4.69) is 21.9 Å². The predicted octanol–water partition coefficient (Wildman–Crippen LogP) is 2.56. The van der Waals surface area contributed by atoms with Gasteiger partial charge < -0.3 is 5.73 Å². The van der Waals surface area contributed by atoms with Gasteiger partial charge >= 0.3 is 0 Å². The number of Topliss-reactive ketones (excluding diaryl/α,β-unsaturated/α-hetero) is 1. The highest BCUT2D eigenvalue weighted by molar-refractivity contribution is 9.10. The van der Waals surface area contributed by atoms with Crippen molar-refractivity contribution in [3.8, 4) is 12.3 Å². The first kappa shape index (κ1) is 13.2. The molecule has 1 aromatic rings. The summed E-state index contributed by atoms with van der Waals surface area (Å²) in [5.41, 5.74) is 6.38. The lowest BCUT2D eigenvalue weighted by Gasteiger charge is -2.08. The summed E-state index contributed by atoms with van der Waals surface area (Å²) in [6.45, 7) is 0. The Morgan fingerprint density at radius 3 is 2.88 bits per heavy atom. The minimum absolute atomic E-state index is 0.0952. The fourth-order valence-electron chi connectivity index (χ4n) is 1.22. The van der Waals surface area contributed by atoms with Crippen LogP contribution in [0.25, 0.3) is 0 Å². The van der Waals surface area contributed by atoms with Crippen LogP contribution in [0.4, 0.5) is 0 Å². The molecule has 1 unspecified atom stereocenters. The van der Waals surface area contributed by atoms with Crippen molar-refractivity contribution in [1.82, 2.24) is 0 Å². The van der Waals surface area contributed by atoms with Crippen molar-refractivity contribution in [2.75, 3.05) is 0 Å². The van der Waals surface area contributed by atoms with Crippen molar-refractivity contribution in [3.63, 3.8) is 0 Å². The number of hydrogen-bond acceptors (Lipinski definition) is 2. The molecular formula is C12H11BrClNO. The predicted molar refractivity (Wildman–Crippen MR) is 69.3 cm³/mol. The van der Waals surface area contributed by atoms with Crippen LogP contribution in [0.2, 0.25) is 5.02 Å². The van der Waals surface area contributed by atoms with Crippen molar-refractivity contribution in [1.29, 1.82) is 0 Å². The standard InChI is InChI=1S/C12H11BrClNO/c1-2-3-11(15)12(16)6-8-4-5-9(13)7-10(8)14/h1,4-5,7,11H,3,6,15H2. The molecule has 0 aliphatic rings. The minimum Gasteiger partial charge on any atom is -0.321 e. The number of ketones is 1. The highest BCUT2D eigenvalue weighted by Gasteiger charge is 2.14. The van der Waals surface area contributed by atoms with Crippen LogP contribution in [-0.2, 0) is 11.2 Å². The molecule has 0 spiro atoms. The Bertz CT molecular complexity index is 439. The Labute approximate surface area is 108 Å². The molecule has 1 aromatic carbocycles. The average molecular weight is 301 g/mol. The molecular weight excluding hydrogens is 289 g/mol. The molecule has 0 amide bonds. The smallest absolute Gasteiger partial charge is 0.154 e. The van der Waals surface area contributed by atoms with Crippen LogP contribution in [0, 0.1) is 12.3 Å². The molecule has 2 nitrogen and oxygen atoms in total. The van der Waals surface area contributed by atoms with Crippen LogP contribution in [0.3, 0.4) is 0 Å². The zero-order chi connectivity index (χ0) is 12.1. The SMILES string of the molecule is C#CCC(N)C(=O)Cc1ccc(Br)cc1Cl. The lowest BCUT2D eigenvalue weighted by molar-refractivity contribution is -0.119. The molecule has 1 rings (SSSR count). The van der Waals surface area contributed by atoms with Crippen molar-refractivity contribution >= 4 is 33.3 Å². The van der Waals surface area contributed by atoms with Crippen LogP contribution < -0.4 is 5.73 Å². The van der Waals surface area contributed by atoms with E-state index in [0.29, 0.717) is 5.02 Å². The van der Waals surface area contributed by atoms with Gasteiger partial charge in [-0.05, 0) is 17.7 Å². The highest BCUT2D eigenvalue weighted by atomic mass is 79.9. The molecule has 0 aliphatic heterocycles. The third-order valence-corrected chi connectivity index (χ3v) is 2.98. The monoisotopic (exact) mass is 299 g/mol. The molecule has 4 heteroatoms. The lowest BCUT2D eigenvalue weighted by Crippen LogP contribution is -2.31. The van der Waals surface area contributed by atoms with Gasteiger partial charge in [0.05, 0.1) is 6.04 Å². The quantitative estimate of drug-likeness (QED) is 0.869. The van der Waals surface area contributed by atoms with Crippen LogP contribution in [-0.4, -0.2) is 11.8 Å². The van der Waals surface area contributed by atoms with Gasteiger partial charge in [0.2, 0.25) is 0 Å². The van der Waals surface area contributed by atoms with Gasteiger partial charge in [-0.1, -0.05) is 33.6 Å². The van der Waals surface area contributed by atoms with Crippen molar-refractivity contribution < 1.29 is 4.79 Å². The number of carbonyl (C=O) groups excluding carboxylic acids is 1. The molecule has 0 aliphatic carbocycles. The number of rotatable bonds is 4. The maximum atomic E-state index is 11.6. The molecule has 16 heavy (non-hydrogen) atoms. The first-order chi connectivity index (χ1) is 7.54. The maximum Gasteiger partial charge on any atom is 0.154 e. The lowest BCUT2D eigenvalue weighted by atomic mass is 10.0. The second-order valence-electron chi connectivity index (χ2n) is 3.39. The van der Waals surface area contributed by atoms with Crippen molar-refractivity contribution in [2.24, 2.45) is 5.73 Å². The Balaban J connectivity index is 2.74. The Morgan fingerprint density at radius 1 is 1.62 bits per heavy atom. The molecule has 0 heterocycles. The zero-order valence-electron chi connectivity index (χ0n) is 8.54. The summed E-state index contributed by atoms with van der Waals surface area (Å²) in [4.78, 5) is 11.6. The number of hydrogen-bond donors (Lipinski definition) is 1. The summed E-state index contributed by atoms with van der Waals surface area (Å²) < 4.78 is 0.877. The van der Waals surface area contributed by atoms with Crippen LogP contribution in [0.5, 0.6) is 0 Å². The van der Waals surface area contributed by atoms with E-state index in [0.717, 1.165) is 10.0 Å². The van der Waals surface area contributed by atoms with E-state index in [1.807, 2.05) is 6.07 Å². The number of benzene rings is 1. The van der Waals surface area contributed by atoms with Gasteiger partial charge in [0, 0.05) is 22.3 Å². The summed E-state index contributed by atoms with van der Waals surface area (Å²) >= 11 is 9.29. The van der Waals surface area contributed by atoms with E-state index >= 15 is 0 Å². The summed E-state index contributed by atoms with van der Waals surface area (Å²) in [5, 5.41) is 0.552. The second kappa shape index (κ2) is 6.05. The van der Waals surface area contributed by atoms with Crippen molar-refractivity contribution in [2.45, 2.75) is 18.9 Å². The molecule has 84 valence electrons. The first-order valence-corrected chi connectivity index (χ1v) is 5.87. The Morgan fingerprint density at radius 2 is 2.31 bits per heavy atom. The van der Waals surface area contributed by atoms with Crippen molar-refractivity contribution in [3.05, 3.63) is 33.3 Å². The number of terminal acetylenes is 1. The molecule has 2 N–H and O–H groups in total. The molecule has 1 atom stereocenters. The van der Waals surface area contributed by atoms with E-state index in [4.69, 9.17) is 23.8 Å². The number of carbonyl (C=O) groups is 1. The van der Waals surface area contributed by atoms with Gasteiger partial charge in [0.25, 0.3) is 0 Å². The van der Waals surface area contributed by atoms with Gasteiger partial charge in [-0.3, -0.25) is 4.79 Å². The molecule has 0 radical (unpaired) electrons. The first-order valence-electron chi connectivity index (χ1n) is 4.70. The molecule has 0 aromatic heterocycles. The van der Waals surface area contributed by atoms with Crippen LogP contribution in [0.1, 0.15) is 12.0 Å². The van der Waals surface area contributed by atoms with E-state index in [1.54, 1.807) is 12.1 Å². The van der Waals surface area contributed by atoms with Gasteiger partial charge in [-0.15, -0.1) is 12.3 Å². The summed E-state index contributed by atoms with van der Waals surface area (Å²) in [6.07, 6.45) is 5.57. The molecule has 0 saturated carbocycles. The highest BCUT2D eigenvalue weighted by Crippen LogP contribution is 2.22. The minimum atomic E-state index is -0.607. The zero-order valence-corrected chi connectivity index (χ0v) is 10.9. The third kappa shape index (κ3) is 3.64. The van der Waals surface area contributed by atoms with Gasteiger partial charge in [0.15, 0.2) is 5.78 Å². The van der Waals surface area contributed by atoms with E-state index < -0.39 is 6.04 Å². The summed E-state index contributed by atoms with van der Waals surface area (Å²) in [5.74, 6) is 2.28. The second-order valence-corrected chi connectivity index (χ2v) is 4.72. The molecule has 0 fully saturated rings. The maximum absolute atomic E-state index is 11.6. The number of halogens is 2. The molecule has 0 bridgehead atoms. The largest absolute Gasteiger partial charge is 0.321 e. The summed E-state index contributed by atoms with van der Waals surface area (Å²) in [7, 11) is 0. The fraction of sp³-hybridized carbons (Fsp3) is 0.250. The number of nitrogens with two attached hydrogens (primary N) is 1. The van der Waals surface area contributed by atoms with Gasteiger partial charge in [-0.2, -0.15) is 0 Å². The summed E-state index contributed by atoms with van der Waals surface area (Å²) in [6, 6.07) is 4.77. The van der Waals surface area contributed by atoms with E-state index in [-0.39, 0.29) is 18.6 Å². The van der Waals surface area contributed by atoms with Gasteiger partial charge in [0.1, 0.15) is 0 Å². The Hall–Kier alpha value is -0.820. The Kier molecular flexibility index (Phi) is 5.01. The average Bonchev–Trinajstić information content (AvgIpc) is 2.22. The normalized spacial score (nSPS) is 11.9. The molecule has 0 saturated heterocycles.